The quantitative estimate of drug-likeness (QED) is 0.464. The fraction of sp³-hybridized carbons (Fsp3) is 0.333. The molecular weight excluding hydrogens is 344 g/mol. The van der Waals surface area contributed by atoms with Gasteiger partial charge in [0.05, 0.1) is 0 Å². The van der Waals surface area contributed by atoms with Crippen molar-refractivity contribution in [1.29, 1.82) is 0 Å². The Morgan fingerprint density at radius 2 is 1.89 bits per heavy atom. The molecule has 1 aliphatic rings. The van der Waals surface area contributed by atoms with Crippen LogP contribution in [-0.4, -0.2) is 6.54 Å². The molecule has 2 rings (SSSR count). The number of allylic oxidation sites excluding steroid dienone is 6. The van der Waals surface area contributed by atoms with Gasteiger partial charge in [0.1, 0.15) is 5.82 Å². The lowest BCUT2D eigenvalue weighted by atomic mass is 10.1. The van der Waals surface area contributed by atoms with Crippen molar-refractivity contribution in [3.8, 4) is 0 Å². The third-order valence-electron chi connectivity index (χ3n) is 4.26. The van der Waals surface area contributed by atoms with Gasteiger partial charge in [-0.05, 0) is 54.7 Å². The van der Waals surface area contributed by atoms with Gasteiger partial charge in [0.25, 0.3) is 0 Å². The third kappa shape index (κ3) is 7.78. The molecule has 152 valence electrons. The fourth-order valence-electron chi connectivity index (χ4n) is 2.55. The number of hydrogen-bond acceptors (Lipinski definition) is 4. The molecule has 0 heterocycles. The second-order valence-electron chi connectivity index (χ2n) is 7.00. The molecule has 0 saturated heterocycles. The largest absolute Gasteiger partial charge is 0.402 e. The molecule has 0 amide bonds. The van der Waals surface area contributed by atoms with Crippen LogP contribution in [0.2, 0.25) is 0 Å². The van der Waals surface area contributed by atoms with Crippen molar-refractivity contribution >= 4 is 11.4 Å². The summed E-state index contributed by atoms with van der Waals surface area (Å²) < 4.78 is 0. The van der Waals surface area contributed by atoms with Crippen LogP contribution in [-0.2, 0) is 0 Å². The van der Waals surface area contributed by atoms with Crippen molar-refractivity contribution in [3.63, 3.8) is 0 Å². The highest BCUT2D eigenvalue weighted by Crippen LogP contribution is 2.20. The zero-order valence-electron chi connectivity index (χ0n) is 18.0. The second kappa shape index (κ2) is 11.8. The molecule has 1 aromatic rings. The van der Waals surface area contributed by atoms with E-state index in [1.54, 1.807) is 6.08 Å². The van der Waals surface area contributed by atoms with E-state index in [0.717, 1.165) is 35.6 Å². The lowest BCUT2D eigenvalue weighted by Gasteiger charge is -2.13. The minimum atomic E-state index is 0.297. The molecule has 0 bridgehead atoms. The van der Waals surface area contributed by atoms with Crippen LogP contribution in [0, 0.1) is 5.92 Å². The maximum atomic E-state index is 6.03. The van der Waals surface area contributed by atoms with Gasteiger partial charge in [-0.3, -0.25) is 0 Å². The highest BCUT2D eigenvalue weighted by molar-refractivity contribution is 5.66. The van der Waals surface area contributed by atoms with Crippen molar-refractivity contribution in [2.75, 3.05) is 11.9 Å². The Morgan fingerprint density at radius 1 is 1.18 bits per heavy atom. The maximum absolute atomic E-state index is 6.03. The molecular formula is C24H36N4. The molecule has 1 aliphatic carbocycles. The fourth-order valence-corrected chi connectivity index (χ4v) is 2.55. The van der Waals surface area contributed by atoms with E-state index in [1.165, 1.54) is 11.1 Å². The van der Waals surface area contributed by atoms with Gasteiger partial charge in [0.2, 0.25) is 0 Å². The monoisotopic (exact) mass is 380 g/mol. The first kappa shape index (κ1) is 23.2. The molecule has 0 spiro atoms. The zero-order chi connectivity index (χ0) is 21.1. The van der Waals surface area contributed by atoms with E-state index in [1.807, 2.05) is 58.0 Å². The van der Waals surface area contributed by atoms with E-state index in [4.69, 9.17) is 11.5 Å². The molecule has 0 saturated carbocycles. The van der Waals surface area contributed by atoms with Gasteiger partial charge < -0.3 is 22.1 Å². The Balaban J connectivity index is 0.00000190. The van der Waals surface area contributed by atoms with E-state index >= 15 is 0 Å². The van der Waals surface area contributed by atoms with Crippen LogP contribution in [0.15, 0.2) is 77.8 Å². The van der Waals surface area contributed by atoms with Crippen LogP contribution in [0.1, 0.15) is 46.6 Å². The molecule has 4 heteroatoms. The molecule has 0 aliphatic heterocycles. The first-order chi connectivity index (χ1) is 13.3. The lowest BCUT2D eigenvalue weighted by molar-refractivity contribution is 0.757. The van der Waals surface area contributed by atoms with Crippen LogP contribution in [0.4, 0.5) is 5.69 Å². The van der Waals surface area contributed by atoms with Crippen LogP contribution < -0.4 is 22.1 Å². The van der Waals surface area contributed by atoms with Crippen molar-refractivity contribution in [3.05, 3.63) is 83.4 Å². The summed E-state index contributed by atoms with van der Waals surface area (Å²) in [4.78, 5) is 0. The van der Waals surface area contributed by atoms with E-state index in [-0.39, 0.29) is 0 Å². The van der Waals surface area contributed by atoms with E-state index in [0.29, 0.717) is 11.7 Å². The molecule has 1 aromatic carbocycles. The van der Waals surface area contributed by atoms with Crippen LogP contribution in [0.3, 0.4) is 0 Å². The average Bonchev–Trinajstić information content (AvgIpc) is 3.11. The summed E-state index contributed by atoms with van der Waals surface area (Å²) in [5.74, 6) is 0.840. The predicted molar refractivity (Wildman–Crippen MR) is 124 cm³/mol. The first-order valence-corrected chi connectivity index (χ1v) is 9.93. The van der Waals surface area contributed by atoms with E-state index < -0.39 is 0 Å². The molecule has 0 radical (unpaired) electrons. The predicted octanol–water partition coefficient (Wildman–Crippen LogP) is 5.26. The van der Waals surface area contributed by atoms with Gasteiger partial charge in [0.15, 0.2) is 0 Å². The summed E-state index contributed by atoms with van der Waals surface area (Å²) in [7, 11) is 0. The van der Waals surface area contributed by atoms with Crippen LogP contribution in [0.5, 0.6) is 0 Å². The first-order valence-electron chi connectivity index (χ1n) is 9.93. The maximum Gasteiger partial charge on any atom is 0.100 e. The number of benzene rings is 1. The van der Waals surface area contributed by atoms with Gasteiger partial charge in [-0.2, -0.15) is 0 Å². The Bertz CT molecular complexity index is 780. The SMILES string of the molecule is C=C(NCC1=CC=C(C)C1)c1cccc(N/C(N)=C/C=C(\N)C(C)C)c1.CC. The second-order valence-corrected chi connectivity index (χ2v) is 7.00. The van der Waals surface area contributed by atoms with Crippen LogP contribution >= 0.6 is 0 Å². The summed E-state index contributed by atoms with van der Waals surface area (Å²) in [5, 5.41) is 6.58. The molecule has 0 unspecified atom stereocenters. The van der Waals surface area contributed by atoms with Crippen LogP contribution in [0.25, 0.3) is 5.70 Å². The highest BCUT2D eigenvalue weighted by atomic mass is 15.0. The normalized spacial score (nSPS) is 14.1. The van der Waals surface area contributed by atoms with Crippen molar-refractivity contribution in [2.24, 2.45) is 17.4 Å². The molecule has 0 atom stereocenters. The van der Waals surface area contributed by atoms with E-state index in [2.05, 4.69) is 36.3 Å². The zero-order valence-corrected chi connectivity index (χ0v) is 18.0. The molecule has 6 N–H and O–H groups in total. The van der Waals surface area contributed by atoms with Crippen molar-refractivity contribution in [2.45, 2.75) is 41.0 Å². The Kier molecular flexibility index (Phi) is 9.72. The minimum Gasteiger partial charge on any atom is -0.402 e. The smallest absolute Gasteiger partial charge is 0.100 e. The van der Waals surface area contributed by atoms with Gasteiger partial charge in [-0.25, -0.2) is 0 Å². The summed E-state index contributed by atoms with van der Waals surface area (Å²) in [6, 6.07) is 8.01. The van der Waals surface area contributed by atoms with Crippen molar-refractivity contribution in [1.82, 2.24) is 5.32 Å². The molecule has 4 nitrogen and oxygen atoms in total. The molecule has 0 fully saturated rings. The Hall–Kier alpha value is -2.88. The van der Waals surface area contributed by atoms with Gasteiger partial charge >= 0.3 is 0 Å². The summed E-state index contributed by atoms with van der Waals surface area (Å²) in [6.07, 6.45) is 9.01. The lowest BCUT2D eigenvalue weighted by Crippen LogP contribution is -2.15. The Labute approximate surface area is 170 Å². The summed E-state index contributed by atoms with van der Waals surface area (Å²) in [5.41, 5.74) is 18.4. The molecule has 0 aromatic heterocycles. The highest BCUT2D eigenvalue weighted by Gasteiger charge is 2.06. The minimum absolute atomic E-state index is 0.297. The Morgan fingerprint density at radius 3 is 2.50 bits per heavy atom. The number of anilines is 1. The number of rotatable bonds is 8. The van der Waals surface area contributed by atoms with Gasteiger partial charge in [0, 0.05) is 23.6 Å². The van der Waals surface area contributed by atoms with Gasteiger partial charge in [-0.1, -0.05) is 64.1 Å². The number of hydrogen-bond donors (Lipinski definition) is 4. The molecule has 28 heavy (non-hydrogen) atoms. The topological polar surface area (TPSA) is 76.1 Å². The van der Waals surface area contributed by atoms with E-state index in [9.17, 15) is 0 Å². The average molecular weight is 381 g/mol. The number of nitrogens with two attached hydrogens (primary N) is 2. The number of nitrogens with one attached hydrogen (secondary N) is 2. The third-order valence-corrected chi connectivity index (χ3v) is 4.26. The standard InChI is InChI=1S/C22H30N4.C2H6/c1-15(2)21(23)10-11-22(24)26-20-7-5-6-19(13-20)17(4)25-14-18-9-8-16(3)12-18;1-2/h5-11,13,15,25-26H,4,12,14,23-24H2,1-3H3;1-2H3/b21-10-,22-11+;. The van der Waals surface area contributed by atoms with Gasteiger partial charge in [-0.15, -0.1) is 0 Å². The summed E-state index contributed by atoms with van der Waals surface area (Å²) in [6.45, 7) is 15.2. The summed E-state index contributed by atoms with van der Waals surface area (Å²) >= 11 is 0. The van der Waals surface area contributed by atoms with Crippen molar-refractivity contribution < 1.29 is 0 Å².